The molecular formula is C38H49N3. The summed E-state index contributed by atoms with van der Waals surface area (Å²) in [7, 11) is 0. The maximum absolute atomic E-state index is 4.83. The van der Waals surface area contributed by atoms with E-state index in [1.54, 1.807) is 5.56 Å². The number of aryl methyl sites for hydroxylation is 2. The van der Waals surface area contributed by atoms with Crippen molar-refractivity contribution in [3.05, 3.63) is 89.6 Å². The van der Waals surface area contributed by atoms with Gasteiger partial charge in [-0.2, -0.15) is 0 Å². The summed E-state index contributed by atoms with van der Waals surface area (Å²) in [5.41, 5.74) is 10.6. The Bertz CT molecular complexity index is 1380. The average molecular weight is 548 g/mol. The summed E-state index contributed by atoms with van der Waals surface area (Å²) in [6.07, 6.45) is 22.7. The van der Waals surface area contributed by atoms with Crippen LogP contribution >= 0.6 is 0 Å². The van der Waals surface area contributed by atoms with Gasteiger partial charge in [0.2, 0.25) is 0 Å². The molecule has 1 aromatic heterocycles. The van der Waals surface area contributed by atoms with Crippen molar-refractivity contribution < 1.29 is 0 Å². The summed E-state index contributed by atoms with van der Waals surface area (Å²) in [6.45, 7) is 10.5. The highest BCUT2D eigenvalue weighted by Crippen LogP contribution is 2.58. The number of fused-ring (bicyclic) bond motifs is 3. The smallest absolute Gasteiger partial charge is 0.0995 e. The zero-order valence-corrected chi connectivity index (χ0v) is 25.5. The highest BCUT2D eigenvalue weighted by molar-refractivity contribution is 5.58. The topological polar surface area (TPSA) is 21.1 Å². The van der Waals surface area contributed by atoms with Gasteiger partial charge in [-0.25, -0.2) is 4.98 Å². The van der Waals surface area contributed by atoms with E-state index < -0.39 is 0 Å². The Balaban J connectivity index is 1.15. The lowest BCUT2D eigenvalue weighted by Gasteiger charge is -2.55. The van der Waals surface area contributed by atoms with E-state index in [1.165, 1.54) is 117 Å². The van der Waals surface area contributed by atoms with Gasteiger partial charge < -0.3 is 9.47 Å². The number of hydrogen-bond acceptors (Lipinski definition) is 2. The minimum Gasteiger partial charge on any atom is -0.345 e. The van der Waals surface area contributed by atoms with Gasteiger partial charge in [0.25, 0.3) is 0 Å². The van der Waals surface area contributed by atoms with Crippen LogP contribution in [0.15, 0.2) is 67.3 Å². The van der Waals surface area contributed by atoms with E-state index in [0.29, 0.717) is 22.7 Å². The molecule has 0 aliphatic heterocycles. The minimum absolute atomic E-state index is 0.391. The third-order valence-electron chi connectivity index (χ3n) is 11.7. The molecule has 0 unspecified atom stereocenters. The van der Waals surface area contributed by atoms with Gasteiger partial charge in [0, 0.05) is 35.7 Å². The number of aromatic nitrogens is 2. The van der Waals surface area contributed by atoms with Crippen molar-refractivity contribution in [3.8, 4) is 5.69 Å². The first kappa shape index (κ1) is 27.0. The molecule has 3 aromatic rings. The Kier molecular flexibility index (Phi) is 7.12. The molecule has 216 valence electrons. The van der Waals surface area contributed by atoms with Crippen LogP contribution in [0, 0.1) is 18.3 Å². The predicted molar refractivity (Wildman–Crippen MR) is 171 cm³/mol. The predicted octanol–water partition coefficient (Wildman–Crippen LogP) is 9.81. The van der Waals surface area contributed by atoms with Crippen LogP contribution in [0.4, 0.5) is 5.69 Å². The molecule has 0 saturated heterocycles. The molecule has 2 bridgehead atoms. The first-order valence-corrected chi connectivity index (χ1v) is 16.7. The molecule has 8 rings (SSSR count). The number of allylic oxidation sites excluding steroid dienone is 1. The number of imidazole rings is 1. The van der Waals surface area contributed by atoms with Crippen LogP contribution in [-0.4, -0.2) is 16.1 Å². The highest BCUT2D eigenvalue weighted by atomic mass is 15.2. The van der Waals surface area contributed by atoms with Gasteiger partial charge >= 0.3 is 0 Å². The normalized spacial score (nSPS) is 26.3. The second kappa shape index (κ2) is 10.8. The molecule has 0 amide bonds. The fourth-order valence-electron chi connectivity index (χ4n) is 8.60. The number of nitrogens with zero attached hydrogens (tertiary/aromatic N) is 3. The van der Waals surface area contributed by atoms with Crippen LogP contribution in [0.25, 0.3) is 5.69 Å². The van der Waals surface area contributed by atoms with Gasteiger partial charge in [-0.1, -0.05) is 57.0 Å². The monoisotopic (exact) mass is 547 g/mol. The van der Waals surface area contributed by atoms with Gasteiger partial charge in [-0.15, -0.1) is 0 Å². The molecular weight excluding hydrogens is 498 g/mol. The molecule has 0 N–H and O–H groups in total. The summed E-state index contributed by atoms with van der Waals surface area (Å²) in [5.74, 6) is 1.30. The van der Waals surface area contributed by atoms with Crippen molar-refractivity contribution in [1.82, 2.24) is 9.55 Å². The quantitative estimate of drug-likeness (QED) is 0.266. The molecule has 3 nitrogen and oxygen atoms in total. The van der Waals surface area contributed by atoms with E-state index in [0.717, 1.165) is 13.0 Å². The number of hydrogen-bond donors (Lipinski definition) is 0. The zero-order chi connectivity index (χ0) is 28.0. The maximum Gasteiger partial charge on any atom is 0.0995 e. The van der Waals surface area contributed by atoms with Gasteiger partial charge in [0.1, 0.15) is 0 Å². The lowest BCUT2D eigenvalue weighted by molar-refractivity contribution is 0.0460. The lowest BCUT2D eigenvalue weighted by Crippen LogP contribution is -2.49. The van der Waals surface area contributed by atoms with Crippen LogP contribution < -0.4 is 4.90 Å². The molecule has 5 fully saturated rings. The van der Waals surface area contributed by atoms with Crippen LogP contribution in [0.1, 0.15) is 119 Å². The standard InChI is InChI=1S/C38H49N3/c1-4-30-15-16-33(23-28(30)2)38-20-17-37(18-21-38,19-22-38)26-41(29(3)31-9-6-5-7-10-31)35-12-8-11-34(24-35)40-25-36(39-27-40)32-13-14-32/h8,11-12,15-16,23-25,27,31-32H,3-7,9-10,13-14,17-22,26H2,1-2H3. The molecule has 5 saturated carbocycles. The Morgan fingerprint density at radius 3 is 2.39 bits per heavy atom. The molecule has 41 heavy (non-hydrogen) atoms. The summed E-state index contributed by atoms with van der Waals surface area (Å²) in [5, 5.41) is 0. The van der Waals surface area contributed by atoms with Crippen LogP contribution in [0.3, 0.4) is 0 Å². The third-order valence-corrected chi connectivity index (χ3v) is 11.7. The van der Waals surface area contributed by atoms with Gasteiger partial charge in [0.05, 0.1) is 12.0 Å². The lowest BCUT2D eigenvalue weighted by atomic mass is 9.51. The average Bonchev–Trinajstić information content (AvgIpc) is 3.77. The van der Waals surface area contributed by atoms with Gasteiger partial charge in [0.15, 0.2) is 0 Å². The Labute approximate surface area is 248 Å². The minimum atomic E-state index is 0.391. The molecule has 0 radical (unpaired) electrons. The molecule has 0 spiro atoms. The first-order valence-electron chi connectivity index (χ1n) is 16.7. The van der Waals surface area contributed by atoms with E-state index in [9.17, 15) is 0 Å². The van der Waals surface area contributed by atoms with E-state index in [4.69, 9.17) is 11.6 Å². The maximum atomic E-state index is 4.83. The Morgan fingerprint density at radius 1 is 0.951 bits per heavy atom. The fraction of sp³-hybridized carbons (Fsp3) is 0.553. The molecule has 5 aliphatic rings. The van der Waals surface area contributed by atoms with Crippen molar-refractivity contribution in [2.75, 3.05) is 11.4 Å². The first-order chi connectivity index (χ1) is 20.0. The Hall–Kier alpha value is -2.81. The van der Waals surface area contributed by atoms with Crippen molar-refractivity contribution in [2.24, 2.45) is 11.3 Å². The fourth-order valence-corrected chi connectivity index (χ4v) is 8.60. The van der Waals surface area contributed by atoms with Crippen molar-refractivity contribution in [1.29, 1.82) is 0 Å². The van der Waals surface area contributed by atoms with Crippen molar-refractivity contribution in [3.63, 3.8) is 0 Å². The SMILES string of the molecule is C=C(C1CCCCC1)N(CC12CCC(c3ccc(CC)c(C)c3)(CC1)CC2)c1cccc(-n2cnc(C3CC3)c2)c1. The van der Waals surface area contributed by atoms with Crippen LogP contribution in [-0.2, 0) is 11.8 Å². The Morgan fingerprint density at radius 2 is 1.71 bits per heavy atom. The molecule has 3 heteroatoms. The van der Waals surface area contributed by atoms with Crippen LogP contribution in [0.2, 0.25) is 0 Å². The summed E-state index contributed by atoms with van der Waals surface area (Å²) < 4.78 is 2.23. The zero-order valence-electron chi connectivity index (χ0n) is 25.5. The van der Waals surface area contributed by atoms with Crippen molar-refractivity contribution in [2.45, 2.75) is 115 Å². The summed E-state index contributed by atoms with van der Waals surface area (Å²) in [6, 6.07) is 16.6. The number of rotatable bonds is 9. The van der Waals surface area contributed by atoms with Crippen molar-refractivity contribution >= 4 is 5.69 Å². The second-order valence-electron chi connectivity index (χ2n) is 14.2. The molecule has 5 aliphatic carbocycles. The number of anilines is 1. The van der Waals surface area contributed by atoms with Crippen LogP contribution in [0.5, 0.6) is 0 Å². The van der Waals surface area contributed by atoms with E-state index >= 15 is 0 Å². The van der Waals surface area contributed by atoms with E-state index in [2.05, 4.69) is 72.0 Å². The summed E-state index contributed by atoms with van der Waals surface area (Å²) in [4.78, 5) is 7.42. The third kappa shape index (κ3) is 5.19. The largest absolute Gasteiger partial charge is 0.345 e. The van der Waals surface area contributed by atoms with E-state index in [-0.39, 0.29) is 0 Å². The molecule has 0 atom stereocenters. The van der Waals surface area contributed by atoms with Gasteiger partial charge in [-0.3, -0.25) is 0 Å². The van der Waals surface area contributed by atoms with Gasteiger partial charge in [-0.05, 0) is 129 Å². The molecule has 2 aromatic carbocycles. The highest BCUT2D eigenvalue weighted by Gasteiger charge is 2.50. The molecule has 1 heterocycles. The van der Waals surface area contributed by atoms with E-state index in [1.807, 2.05) is 6.33 Å². The number of benzene rings is 2. The summed E-state index contributed by atoms with van der Waals surface area (Å²) >= 11 is 0. The second-order valence-corrected chi connectivity index (χ2v) is 14.2.